The van der Waals surface area contributed by atoms with E-state index in [1.807, 2.05) is 49.4 Å². The summed E-state index contributed by atoms with van der Waals surface area (Å²) in [4.78, 5) is 5.48. The summed E-state index contributed by atoms with van der Waals surface area (Å²) in [5.41, 5.74) is 6.30. The maximum absolute atomic E-state index is 9.44. The Hall–Kier alpha value is -3.42. The molecule has 0 saturated heterocycles. The summed E-state index contributed by atoms with van der Waals surface area (Å²) in [5.74, 6) is 1.39. The van der Waals surface area contributed by atoms with Crippen LogP contribution < -0.4 is 9.47 Å². The summed E-state index contributed by atoms with van der Waals surface area (Å²) in [6.07, 6.45) is 0.585. The molecule has 0 bridgehead atoms. The van der Waals surface area contributed by atoms with Crippen molar-refractivity contribution < 1.29 is 19.7 Å². The molecule has 7 heteroatoms. The van der Waals surface area contributed by atoms with Crippen molar-refractivity contribution in [3.63, 3.8) is 0 Å². The Balaban J connectivity index is 1.46. The highest BCUT2D eigenvalue weighted by atomic mass is 32.1. The fourth-order valence-electron chi connectivity index (χ4n) is 3.55. The lowest BCUT2D eigenvalue weighted by atomic mass is 9.96. The van der Waals surface area contributed by atoms with E-state index in [1.54, 1.807) is 6.07 Å². The topological polar surface area (TPSA) is 84.7 Å². The van der Waals surface area contributed by atoms with E-state index in [-0.39, 0.29) is 12.5 Å². The summed E-state index contributed by atoms with van der Waals surface area (Å²) < 4.78 is 15.5. The first-order chi connectivity index (χ1) is 16.0. The maximum Gasteiger partial charge on any atom is 0.223 e. The van der Waals surface area contributed by atoms with Gasteiger partial charge in [0.2, 0.25) is 11.8 Å². The number of rotatable bonds is 9. The summed E-state index contributed by atoms with van der Waals surface area (Å²) in [5, 5.41) is 18.3. The van der Waals surface area contributed by atoms with Crippen molar-refractivity contribution in [2.24, 2.45) is 0 Å². The Kier molecular flexibility index (Phi) is 7.22. The van der Waals surface area contributed by atoms with Crippen LogP contribution in [0.4, 0.5) is 0 Å². The molecule has 170 valence electrons. The number of hydrogen-bond acceptors (Lipinski definition) is 7. The number of hydrogen-bond donors (Lipinski definition) is 2. The molecule has 4 rings (SSSR count). The van der Waals surface area contributed by atoms with Gasteiger partial charge in [0.1, 0.15) is 12.4 Å². The number of aliphatic hydroxyl groups excluding tert-OH is 1. The third-order valence-electron chi connectivity index (χ3n) is 5.38. The lowest BCUT2D eigenvalue weighted by Crippen LogP contribution is -2.03. The van der Waals surface area contributed by atoms with Gasteiger partial charge in [-0.1, -0.05) is 18.2 Å². The van der Waals surface area contributed by atoms with Crippen LogP contribution in [0.5, 0.6) is 17.5 Å². The zero-order valence-corrected chi connectivity index (χ0v) is 19.4. The molecule has 0 radical (unpaired) electrons. The number of nitrogens with zero attached hydrogens (tertiary/aromatic N) is 2. The molecule has 0 spiro atoms. The molecule has 0 aliphatic heterocycles. The number of aromatic hydroxyl groups is 1. The van der Waals surface area contributed by atoms with Gasteiger partial charge in [0, 0.05) is 36.4 Å². The monoisotopic (exact) mass is 462 g/mol. The molecule has 33 heavy (non-hydrogen) atoms. The molecule has 2 aromatic carbocycles. The predicted molar refractivity (Wildman–Crippen MR) is 130 cm³/mol. The molecule has 0 saturated carbocycles. The Morgan fingerprint density at radius 2 is 1.76 bits per heavy atom. The van der Waals surface area contributed by atoms with Crippen LogP contribution in [-0.2, 0) is 6.61 Å². The van der Waals surface area contributed by atoms with Crippen LogP contribution in [0, 0.1) is 13.8 Å². The Labute approximate surface area is 197 Å². The van der Waals surface area contributed by atoms with Crippen molar-refractivity contribution in [2.75, 3.05) is 13.2 Å². The van der Waals surface area contributed by atoms with Gasteiger partial charge in [0.05, 0.1) is 11.5 Å². The first-order valence-electron chi connectivity index (χ1n) is 10.7. The van der Waals surface area contributed by atoms with Gasteiger partial charge in [-0.25, -0.2) is 4.98 Å². The van der Waals surface area contributed by atoms with Gasteiger partial charge in [-0.05, 0) is 78.0 Å². The van der Waals surface area contributed by atoms with Crippen LogP contribution in [0.1, 0.15) is 23.2 Å². The minimum absolute atomic E-state index is 0.0417. The lowest BCUT2D eigenvalue weighted by molar-refractivity contribution is 0.229. The standard InChI is InChI=1S/C26H26N2O4S/c1-17-20(16-32-21-9-7-19(8-10-21)24-15-25(30)28-33-24)5-3-6-22(17)23-11-12-26(27-18(23)2)31-14-4-13-29/h3,5-12,15,29H,4,13-14,16H2,1-2H3,(H,28,30). The summed E-state index contributed by atoms with van der Waals surface area (Å²) >= 11 is 1.26. The van der Waals surface area contributed by atoms with Crippen LogP contribution >= 0.6 is 11.5 Å². The van der Waals surface area contributed by atoms with E-state index in [2.05, 4.69) is 28.4 Å². The fraction of sp³-hybridized carbons (Fsp3) is 0.231. The van der Waals surface area contributed by atoms with E-state index in [0.29, 0.717) is 25.5 Å². The first-order valence-corrected chi connectivity index (χ1v) is 11.5. The number of pyridine rings is 1. The maximum atomic E-state index is 9.44. The van der Waals surface area contributed by atoms with Crippen molar-refractivity contribution in [1.29, 1.82) is 0 Å². The minimum atomic E-state index is 0.0417. The zero-order chi connectivity index (χ0) is 23.2. The molecular formula is C26H26N2O4S. The summed E-state index contributed by atoms with van der Waals surface area (Å²) in [6.45, 7) is 5.07. The first kappa shape index (κ1) is 22.8. The highest BCUT2D eigenvalue weighted by Gasteiger charge is 2.11. The van der Waals surface area contributed by atoms with E-state index in [9.17, 15) is 5.11 Å². The van der Waals surface area contributed by atoms with Crippen LogP contribution in [0.3, 0.4) is 0 Å². The number of benzene rings is 2. The Morgan fingerprint density at radius 3 is 2.45 bits per heavy atom. The number of aromatic nitrogens is 2. The SMILES string of the molecule is Cc1nc(OCCCO)ccc1-c1cccc(COc2ccc(-c3cc(O)ns3)cc2)c1C. The van der Waals surface area contributed by atoms with Crippen LogP contribution in [0.15, 0.2) is 60.7 Å². The van der Waals surface area contributed by atoms with Crippen LogP contribution in [0.2, 0.25) is 0 Å². The second-order valence-corrected chi connectivity index (χ2v) is 8.47. The highest BCUT2D eigenvalue weighted by molar-refractivity contribution is 7.09. The van der Waals surface area contributed by atoms with Gasteiger partial charge >= 0.3 is 0 Å². The molecule has 0 aliphatic rings. The number of aliphatic hydroxyl groups is 1. The Bertz CT molecular complexity index is 1220. The van der Waals surface area contributed by atoms with Crippen molar-refractivity contribution in [2.45, 2.75) is 26.9 Å². The van der Waals surface area contributed by atoms with E-state index < -0.39 is 0 Å². The van der Waals surface area contributed by atoms with E-state index in [4.69, 9.17) is 14.6 Å². The second kappa shape index (κ2) is 10.5. The summed E-state index contributed by atoms with van der Waals surface area (Å²) in [6, 6.07) is 19.5. The van der Waals surface area contributed by atoms with Crippen LogP contribution in [-0.4, -0.2) is 32.8 Å². The molecule has 0 fully saturated rings. The predicted octanol–water partition coefficient (Wildman–Crippen LogP) is 5.53. The largest absolute Gasteiger partial charge is 0.493 e. The molecule has 2 aromatic heterocycles. The van der Waals surface area contributed by atoms with Crippen LogP contribution in [0.25, 0.3) is 21.6 Å². The van der Waals surface area contributed by atoms with Crippen molar-refractivity contribution in [3.05, 3.63) is 77.5 Å². The van der Waals surface area contributed by atoms with E-state index >= 15 is 0 Å². The smallest absolute Gasteiger partial charge is 0.223 e. The number of ether oxygens (including phenoxy) is 2. The third-order valence-corrected chi connectivity index (χ3v) is 6.21. The zero-order valence-electron chi connectivity index (χ0n) is 18.6. The minimum Gasteiger partial charge on any atom is -0.493 e. The van der Waals surface area contributed by atoms with Gasteiger partial charge in [0.15, 0.2) is 0 Å². The van der Waals surface area contributed by atoms with E-state index in [1.165, 1.54) is 11.5 Å². The second-order valence-electron chi connectivity index (χ2n) is 7.66. The van der Waals surface area contributed by atoms with Crippen molar-refractivity contribution >= 4 is 11.5 Å². The van der Waals surface area contributed by atoms with Gasteiger partial charge in [-0.15, -0.1) is 0 Å². The van der Waals surface area contributed by atoms with Crippen molar-refractivity contribution in [1.82, 2.24) is 9.36 Å². The molecule has 2 N–H and O–H groups in total. The quantitative estimate of drug-likeness (QED) is 0.318. The van der Waals surface area contributed by atoms with Gasteiger partial charge in [-0.2, -0.15) is 4.37 Å². The average Bonchev–Trinajstić information content (AvgIpc) is 3.26. The highest BCUT2D eigenvalue weighted by Crippen LogP contribution is 2.31. The molecular weight excluding hydrogens is 436 g/mol. The van der Waals surface area contributed by atoms with E-state index in [0.717, 1.165) is 44.1 Å². The molecule has 0 atom stereocenters. The Morgan fingerprint density at radius 1 is 0.939 bits per heavy atom. The number of aryl methyl sites for hydroxylation is 1. The van der Waals surface area contributed by atoms with Gasteiger partial charge in [0.25, 0.3) is 0 Å². The third kappa shape index (κ3) is 5.50. The normalized spacial score (nSPS) is 10.9. The molecule has 4 aromatic rings. The summed E-state index contributed by atoms with van der Waals surface area (Å²) in [7, 11) is 0. The molecule has 0 amide bonds. The molecule has 0 unspecified atom stereocenters. The lowest BCUT2D eigenvalue weighted by Gasteiger charge is -2.15. The molecule has 6 nitrogen and oxygen atoms in total. The van der Waals surface area contributed by atoms with Crippen molar-refractivity contribution in [3.8, 4) is 39.1 Å². The molecule has 0 aliphatic carbocycles. The van der Waals surface area contributed by atoms with Gasteiger partial charge in [-0.3, -0.25) is 0 Å². The van der Waals surface area contributed by atoms with Gasteiger partial charge < -0.3 is 19.7 Å². The molecule has 2 heterocycles. The fourth-order valence-corrected chi connectivity index (χ4v) is 4.20. The average molecular weight is 463 g/mol.